The molecule has 2 N–H and O–H groups in total. The first-order chi connectivity index (χ1) is 9.08. The summed E-state index contributed by atoms with van der Waals surface area (Å²) in [6.45, 7) is 4.04. The molecule has 106 valence electrons. The molecular formula is C14H21NO4. The minimum absolute atomic E-state index is 0.0947. The van der Waals surface area contributed by atoms with Crippen LogP contribution >= 0.6 is 0 Å². The van der Waals surface area contributed by atoms with E-state index in [0.717, 1.165) is 5.56 Å². The van der Waals surface area contributed by atoms with Gasteiger partial charge >= 0.3 is 0 Å². The number of aryl methyl sites for hydroxylation is 2. The molecule has 19 heavy (non-hydrogen) atoms. The van der Waals surface area contributed by atoms with Gasteiger partial charge in [-0.1, -0.05) is 6.07 Å². The van der Waals surface area contributed by atoms with Gasteiger partial charge in [0, 0.05) is 13.1 Å². The third kappa shape index (κ3) is 4.89. The highest BCUT2D eigenvalue weighted by atomic mass is 16.5. The molecule has 0 fully saturated rings. The Balaban J connectivity index is 2.54. The van der Waals surface area contributed by atoms with Crippen LogP contribution in [-0.2, 0) is 4.79 Å². The fourth-order valence-electron chi connectivity index (χ4n) is 1.64. The summed E-state index contributed by atoms with van der Waals surface area (Å²) in [5.41, 5.74) is 2.27. The van der Waals surface area contributed by atoms with Crippen LogP contribution in [0.2, 0.25) is 0 Å². The summed E-state index contributed by atoms with van der Waals surface area (Å²) in [7, 11) is 0. The van der Waals surface area contributed by atoms with E-state index in [-0.39, 0.29) is 38.8 Å². The van der Waals surface area contributed by atoms with Crippen LogP contribution in [0.3, 0.4) is 0 Å². The average Bonchev–Trinajstić information content (AvgIpc) is 2.39. The second-order valence-corrected chi connectivity index (χ2v) is 4.36. The molecule has 0 aliphatic rings. The zero-order valence-electron chi connectivity index (χ0n) is 11.4. The Hall–Kier alpha value is -1.59. The van der Waals surface area contributed by atoms with Gasteiger partial charge in [0.05, 0.1) is 13.2 Å². The van der Waals surface area contributed by atoms with E-state index in [1.807, 2.05) is 32.0 Å². The van der Waals surface area contributed by atoms with E-state index in [1.54, 1.807) is 0 Å². The molecule has 0 aliphatic carbocycles. The summed E-state index contributed by atoms with van der Waals surface area (Å²) < 4.78 is 5.42. The molecule has 0 aromatic heterocycles. The van der Waals surface area contributed by atoms with Crippen molar-refractivity contribution >= 4 is 5.91 Å². The first kappa shape index (κ1) is 15.5. The van der Waals surface area contributed by atoms with Crippen molar-refractivity contribution in [2.24, 2.45) is 0 Å². The van der Waals surface area contributed by atoms with Gasteiger partial charge in [-0.3, -0.25) is 4.79 Å². The number of rotatable bonds is 7. The van der Waals surface area contributed by atoms with E-state index >= 15 is 0 Å². The summed E-state index contributed by atoms with van der Waals surface area (Å²) >= 11 is 0. The van der Waals surface area contributed by atoms with E-state index in [9.17, 15) is 4.79 Å². The van der Waals surface area contributed by atoms with E-state index < -0.39 is 0 Å². The van der Waals surface area contributed by atoms with E-state index in [0.29, 0.717) is 5.75 Å². The molecule has 1 aromatic carbocycles. The van der Waals surface area contributed by atoms with Crippen LogP contribution in [0.25, 0.3) is 0 Å². The topological polar surface area (TPSA) is 70.0 Å². The lowest BCUT2D eigenvalue weighted by molar-refractivity contribution is -0.134. The molecule has 0 aliphatic heterocycles. The Labute approximate surface area is 113 Å². The largest absolute Gasteiger partial charge is 0.484 e. The lowest BCUT2D eigenvalue weighted by atomic mass is 10.1. The summed E-state index contributed by atoms with van der Waals surface area (Å²) in [6.07, 6.45) is 0. The van der Waals surface area contributed by atoms with Gasteiger partial charge in [0.15, 0.2) is 6.61 Å². The maximum Gasteiger partial charge on any atom is 0.260 e. The number of carbonyl (C=O) groups excluding carboxylic acids is 1. The van der Waals surface area contributed by atoms with E-state index in [1.165, 1.54) is 10.5 Å². The van der Waals surface area contributed by atoms with Gasteiger partial charge in [-0.25, -0.2) is 0 Å². The number of benzene rings is 1. The third-order valence-electron chi connectivity index (χ3n) is 2.93. The van der Waals surface area contributed by atoms with Crippen LogP contribution < -0.4 is 4.74 Å². The van der Waals surface area contributed by atoms with Gasteiger partial charge in [0.25, 0.3) is 5.91 Å². The molecule has 0 spiro atoms. The predicted molar refractivity (Wildman–Crippen MR) is 72.2 cm³/mol. The highest BCUT2D eigenvalue weighted by molar-refractivity contribution is 5.77. The van der Waals surface area contributed by atoms with Crippen molar-refractivity contribution in [3.8, 4) is 5.75 Å². The van der Waals surface area contributed by atoms with Crippen LogP contribution in [-0.4, -0.2) is 53.9 Å². The number of ether oxygens (including phenoxy) is 1. The van der Waals surface area contributed by atoms with Crippen LogP contribution in [0.1, 0.15) is 11.1 Å². The summed E-state index contributed by atoms with van der Waals surface area (Å²) in [4.78, 5) is 13.2. The molecule has 1 amide bonds. The number of carbonyl (C=O) groups is 1. The number of amides is 1. The zero-order chi connectivity index (χ0) is 14.3. The first-order valence-corrected chi connectivity index (χ1v) is 6.28. The summed E-state index contributed by atoms with van der Waals surface area (Å²) in [6, 6.07) is 5.64. The molecule has 0 bridgehead atoms. The van der Waals surface area contributed by atoms with Crippen molar-refractivity contribution in [2.75, 3.05) is 32.9 Å². The van der Waals surface area contributed by atoms with Crippen molar-refractivity contribution in [3.05, 3.63) is 29.3 Å². The van der Waals surface area contributed by atoms with Gasteiger partial charge < -0.3 is 19.8 Å². The quantitative estimate of drug-likeness (QED) is 0.754. The fourth-order valence-corrected chi connectivity index (χ4v) is 1.64. The number of hydrogen-bond acceptors (Lipinski definition) is 4. The fraction of sp³-hybridized carbons (Fsp3) is 0.500. The van der Waals surface area contributed by atoms with Gasteiger partial charge in [-0.2, -0.15) is 0 Å². The van der Waals surface area contributed by atoms with Gasteiger partial charge in [-0.15, -0.1) is 0 Å². The monoisotopic (exact) mass is 267 g/mol. The predicted octanol–water partition coefficient (Wildman–Crippen LogP) is 0.495. The van der Waals surface area contributed by atoms with Crippen LogP contribution in [0.15, 0.2) is 18.2 Å². The maximum absolute atomic E-state index is 11.8. The second kappa shape index (κ2) is 7.76. The second-order valence-electron chi connectivity index (χ2n) is 4.36. The normalized spacial score (nSPS) is 10.3. The van der Waals surface area contributed by atoms with Crippen molar-refractivity contribution < 1.29 is 19.7 Å². The molecule has 0 radical (unpaired) electrons. The first-order valence-electron chi connectivity index (χ1n) is 6.28. The molecular weight excluding hydrogens is 246 g/mol. The Kier molecular flexibility index (Phi) is 6.32. The highest BCUT2D eigenvalue weighted by Crippen LogP contribution is 2.16. The molecule has 5 nitrogen and oxygen atoms in total. The Morgan fingerprint density at radius 1 is 1.16 bits per heavy atom. The van der Waals surface area contributed by atoms with Crippen LogP contribution in [0.4, 0.5) is 0 Å². The lowest BCUT2D eigenvalue weighted by Gasteiger charge is -2.20. The third-order valence-corrected chi connectivity index (χ3v) is 2.93. The minimum atomic E-state index is -0.249. The SMILES string of the molecule is Cc1ccc(OCC(=O)N(CCO)CCO)cc1C. The summed E-state index contributed by atoms with van der Waals surface area (Å²) in [5.74, 6) is 0.394. The Bertz CT molecular complexity index is 414. The van der Waals surface area contributed by atoms with Crippen LogP contribution in [0.5, 0.6) is 5.75 Å². The minimum Gasteiger partial charge on any atom is -0.484 e. The van der Waals surface area contributed by atoms with Gasteiger partial charge in [0.2, 0.25) is 0 Å². The maximum atomic E-state index is 11.8. The number of aliphatic hydroxyl groups excluding tert-OH is 2. The van der Waals surface area contributed by atoms with Crippen molar-refractivity contribution in [1.82, 2.24) is 4.90 Å². The van der Waals surface area contributed by atoms with Gasteiger partial charge in [-0.05, 0) is 37.1 Å². The van der Waals surface area contributed by atoms with E-state index in [4.69, 9.17) is 14.9 Å². The van der Waals surface area contributed by atoms with E-state index in [2.05, 4.69) is 0 Å². The molecule has 0 saturated heterocycles. The number of hydrogen-bond donors (Lipinski definition) is 2. The smallest absolute Gasteiger partial charge is 0.260 e. The molecule has 0 atom stereocenters. The highest BCUT2D eigenvalue weighted by Gasteiger charge is 2.13. The molecule has 0 heterocycles. The molecule has 5 heteroatoms. The van der Waals surface area contributed by atoms with Crippen molar-refractivity contribution in [2.45, 2.75) is 13.8 Å². The molecule has 1 aromatic rings. The molecule has 1 rings (SSSR count). The van der Waals surface area contributed by atoms with Crippen molar-refractivity contribution in [3.63, 3.8) is 0 Å². The molecule has 0 unspecified atom stereocenters. The Morgan fingerprint density at radius 3 is 2.32 bits per heavy atom. The van der Waals surface area contributed by atoms with Crippen LogP contribution in [0, 0.1) is 13.8 Å². The lowest BCUT2D eigenvalue weighted by Crippen LogP contribution is -2.38. The Morgan fingerprint density at radius 2 is 1.79 bits per heavy atom. The van der Waals surface area contributed by atoms with Gasteiger partial charge in [0.1, 0.15) is 5.75 Å². The number of nitrogens with zero attached hydrogens (tertiary/aromatic N) is 1. The average molecular weight is 267 g/mol. The number of aliphatic hydroxyl groups is 2. The molecule has 0 saturated carbocycles. The van der Waals surface area contributed by atoms with Crippen molar-refractivity contribution in [1.29, 1.82) is 0 Å². The zero-order valence-corrected chi connectivity index (χ0v) is 11.4. The standard InChI is InChI=1S/C14H21NO4/c1-11-3-4-13(9-12(11)2)19-10-14(18)15(5-7-16)6-8-17/h3-4,9,16-17H,5-8,10H2,1-2H3. The summed E-state index contributed by atoms with van der Waals surface area (Å²) in [5, 5.41) is 17.7.